The Morgan fingerprint density at radius 1 is 0.739 bits per heavy atom. The van der Waals surface area contributed by atoms with Crippen LogP contribution in [0, 0.1) is 0 Å². The van der Waals surface area contributed by atoms with Gasteiger partial charge in [0.1, 0.15) is 5.75 Å². The van der Waals surface area contributed by atoms with Gasteiger partial charge in [-0.25, -0.2) is 4.79 Å². The van der Waals surface area contributed by atoms with E-state index < -0.39 is 24.3 Å². The van der Waals surface area contributed by atoms with Crippen molar-refractivity contribution >= 4 is 23.5 Å². The van der Waals surface area contributed by atoms with E-state index in [1.54, 1.807) is 35.2 Å². The van der Waals surface area contributed by atoms with Crippen LogP contribution < -0.4 is 4.74 Å². The topological polar surface area (TPSA) is 66.8 Å². The number of benzene rings is 5. The Balaban J connectivity index is 1.68. The summed E-state index contributed by atoms with van der Waals surface area (Å²) >= 11 is 6.31. The van der Waals surface area contributed by atoms with Crippen LogP contribution in [0.15, 0.2) is 121 Å². The molecule has 0 unspecified atom stereocenters. The molecule has 0 saturated carbocycles. The second-order valence-electron chi connectivity index (χ2n) is 10.6. The highest BCUT2D eigenvalue weighted by atomic mass is 35.5. The standard InChI is InChI=1S/C37H29ClF3NO4/c38-31-16-8-14-28(20-31)33-22-29(21-32(35(33)46-24-34(43)44)27-13-7-15-30(19-27)37(39,40)41)36(45)42(23-26-11-5-2-6-12-26)18-17-25-9-3-1-4-10-25/h1-16,19-22H,17-18,23-24H2,(H,43,44). The second-order valence-corrected chi connectivity index (χ2v) is 11.1. The van der Waals surface area contributed by atoms with Crippen LogP contribution in [0.2, 0.25) is 5.02 Å². The van der Waals surface area contributed by atoms with Gasteiger partial charge in [-0.15, -0.1) is 0 Å². The molecule has 1 amide bonds. The first-order chi connectivity index (χ1) is 22.1. The Labute approximate surface area is 269 Å². The lowest BCUT2D eigenvalue weighted by atomic mass is 9.93. The molecule has 5 nitrogen and oxygen atoms in total. The van der Waals surface area contributed by atoms with Crippen molar-refractivity contribution in [3.8, 4) is 28.0 Å². The quantitative estimate of drug-likeness (QED) is 0.156. The summed E-state index contributed by atoms with van der Waals surface area (Å²) in [5, 5.41) is 9.81. The zero-order valence-corrected chi connectivity index (χ0v) is 25.3. The van der Waals surface area contributed by atoms with Crippen LogP contribution in [0.4, 0.5) is 13.2 Å². The van der Waals surface area contributed by atoms with Gasteiger partial charge in [-0.3, -0.25) is 4.79 Å². The van der Waals surface area contributed by atoms with Crippen molar-refractivity contribution in [3.63, 3.8) is 0 Å². The fourth-order valence-electron chi connectivity index (χ4n) is 5.14. The fraction of sp³-hybridized carbons (Fsp3) is 0.135. The summed E-state index contributed by atoms with van der Waals surface area (Å²) < 4.78 is 47.1. The molecule has 5 aromatic rings. The molecule has 46 heavy (non-hydrogen) atoms. The average Bonchev–Trinajstić information content (AvgIpc) is 3.05. The highest BCUT2D eigenvalue weighted by molar-refractivity contribution is 6.30. The van der Waals surface area contributed by atoms with Gasteiger partial charge in [0, 0.05) is 34.8 Å². The van der Waals surface area contributed by atoms with Crippen molar-refractivity contribution < 1.29 is 32.6 Å². The van der Waals surface area contributed by atoms with Crippen molar-refractivity contribution in [1.29, 1.82) is 0 Å². The molecular weight excluding hydrogens is 615 g/mol. The van der Waals surface area contributed by atoms with Gasteiger partial charge < -0.3 is 14.7 Å². The van der Waals surface area contributed by atoms with E-state index in [0.717, 1.165) is 23.3 Å². The largest absolute Gasteiger partial charge is 0.481 e. The zero-order chi connectivity index (χ0) is 32.7. The lowest BCUT2D eigenvalue weighted by Crippen LogP contribution is -2.32. The molecule has 5 aromatic carbocycles. The van der Waals surface area contributed by atoms with E-state index in [2.05, 4.69) is 0 Å². The van der Waals surface area contributed by atoms with Crippen molar-refractivity contribution in [2.75, 3.05) is 13.2 Å². The molecule has 0 aliphatic heterocycles. The van der Waals surface area contributed by atoms with Crippen LogP contribution >= 0.6 is 11.6 Å². The highest BCUT2D eigenvalue weighted by Crippen LogP contribution is 2.43. The first kappa shape index (κ1) is 32.3. The minimum Gasteiger partial charge on any atom is -0.481 e. The number of alkyl halides is 3. The molecule has 0 atom stereocenters. The number of nitrogens with zero attached hydrogens (tertiary/aromatic N) is 1. The number of ether oxygens (including phenoxy) is 1. The number of carboxylic acid groups (broad SMARTS) is 1. The third kappa shape index (κ3) is 8.14. The number of carbonyl (C=O) groups is 2. The van der Waals surface area contributed by atoms with Crippen LogP contribution in [-0.4, -0.2) is 35.0 Å². The van der Waals surface area contributed by atoms with Crippen molar-refractivity contribution in [1.82, 2.24) is 4.90 Å². The van der Waals surface area contributed by atoms with Gasteiger partial charge in [-0.2, -0.15) is 13.2 Å². The molecule has 0 aromatic heterocycles. The molecular formula is C37H29ClF3NO4. The Kier molecular flexibility index (Phi) is 10.1. The van der Waals surface area contributed by atoms with Gasteiger partial charge in [0.15, 0.2) is 6.61 Å². The minimum absolute atomic E-state index is 0.0134. The molecule has 5 rings (SSSR count). The summed E-state index contributed by atoms with van der Waals surface area (Å²) in [4.78, 5) is 27.7. The lowest BCUT2D eigenvalue weighted by molar-refractivity contribution is -0.139. The van der Waals surface area contributed by atoms with Crippen LogP contribution in [0.5, 0.6) is 5.75 Å². The molecule has 1 N–H and O–H groups in total. The number of aliphatic carboxylic acids is 1. The number of halogens is 4. The summed E-state index contributed by atoms with van der Waals surface area (Å²) in [6.07, 6.45) is -4.06. The predicted molar refractivity (Wildman–Crippen MR) is 172 cm³/mol. The molecule has 9 heteroatoms. The van der Waals surface area contributed by atoms with Gasteiger partial charge in [0.2, 0.25) is 0 Å². The summed E-state index contributed by atoms with van der Waals surface area (Å²) in [5.41, 5.74) is 2.27. The summed E-state index contributed by atoms with van der Waals surface area (Å²) in [6.45, 7) is -0.112. The maximum atomic E-state index is 14.4. The molecule has 0 saturated heterocycles. The Morgan fingerprint density at radius 3 is 1.91 bits per heavy atom. The zero-order valence-electron chi connectivity index (χ0n) is 24.5. The normalized spacial score (nSPS) is 11.2. The maximum Gasteiger partial charge on any atom is 0.416 e. The molecule has 0 heterocycles. The molecule has 0 bridgehead atoms. The highest BCUT2D eigenvalue weighted by Gasteiger charge is 2.31. The number of carboxylic acids is 1. The predicted octanol–water partition coefficient (Wildman–Crippen LogP) is 9.04. The van der Waals surface area contributed by atoms with Gasteiger partial charge in [0.25, 0.3) is 5.91 Å². The number of carbonyl (C=O) groups excluding carboxylic acids is 1. The van der Waals surface area contributed by atoms with Crippen LogP contribution in [-0.2, 0) is 23.9 Å². The van der Waals surface area contributed by atoms with Gasteiger partial charge in [0.05, 0.1) is 5.56 Å². The van der Waals surface area contributed by atoms with Crippen molar-refractivity contribution in [3.05, 3.63) is 149 Å². The van der Waals surface area contributed by atoms with E-state index in [0.29, 0.717) is 29.1 Å². The van der Waals surface area contributed by atoms with Gasteiger partial charge in [-0.1, -0.05) is 96.5 Å². The molecule has 0 radical (unpaired) electrons. The van der Waals surface area contributed by atoms with Crippen LogP contribution in [0.3, 0.4) is 0 Å². The Bertz CT molecular complexity index is 1830. The van der Waals surface area contributed by atoms with E-state index in [4.69, 9.17) is 16.3 Å². The average molecular weight is 644 g/mol. The second kappa shape index (κ2) is 14.3. The van der Waals surface area contributed by atoms with E-state index >= 15 is 0 Å². The van der Waals surface area contributed by atoms with E-state index in [1.165, 1.54) is 18.2 Å². The first-order valence-electron chi connectivity index (χ1n) is 14.4. The third-order valence-corrected chi connectivity index (χ3v) is 7.56. The summed E-state index contributed by atoms with van der Waals surface area (Å²) in [6, 6.07) is 33.5. The number of hydrogen-bond donors (Lipinski definition) is 1. The fourth-order valence-corrected chi connectivity index (χ4v) is 5.33. The molecule has 0 aliphatic rings. The minimum atomic E-state index is -4.63. The molecule has 0 aliphatic carbocycles. The van der Waals surface area contributed by atoms with Gasteiger partial charge in [-0.05, 0) is 65.1 Å². The Morgan fingerprint density at radius 2 is 1.33 bits per heavy atom. The number of rotatable bonds is 11. The monoisotopic (exact) mass is 643 g/mol. The Hall–Kier alpha value is -5.08. The van der Waals surface area contributed by atoms with Gasteiger partial charge >= 0.3 is 12.1 Å². The molecule has 234 valence electrons. The summed E-state index contributed by atoms with van der Waals surface area (Å²) in [5.74, 6) is -1.62. The molecule has 0 fully saturated rings. The SMILES string of the molecule is O=C(O)COc1c(-c2cccc(Cl)c2)cc(C(=O)N(CCc2ccccc2)Cc2ccccc2)cc1-c1cccc(C(F)(F)F)c1. The smallest absolute Gasteiger partial charge is 0.416 e. The van der Waals surface area contributed by atoms with Crippen molar-refractivity contribution in [2.24, 2.45) is 0 Å². The lowest BCUT2D eigenvalue weighted by Gasteiger charge is -2.25. The first-order valence-corrected chi connectivity index (χ1v) is 14.8. The maximum absolute atomic E-state index is 14.4. The van der Waals surface area contributed by atoms with E-state index in [1.807, 2.05) is 60.7 Å². The van der Waals surface area contributed by atoms with E-state index in [-0.39, 0.29) is 34.9 Å². The van der Waals surface area contributed by atoms with Crippen LogP contribution in [0.25, 0.3) is 22.3 Å². The third-order valence-electron chi connectivity index (χ3n) is 7.33. The molecule has 0 spiro atoms. The number of amides is 1. The van der Waals surface area contributed by atoms with Crippen LogP contribution in [0.1, 0.15) is 27.0 Å². The van der Waals surface area contributed by atoms with E-state index in [9.17, 15) is 27.9 Å². The van der Waals surface area contributed by atoms with Crippen molar-refractivity contribution in [2.45, 2.75) is 19.1 Å². The summed E-state index contributed by atoms with van der Waals surface area (Å²) in [7, 11) is 0. The number of hydrogen-bond acceptors (Lipinski definition) is 3.